The van der Waals surface area contributed by atoms with Crippen LogP contribution in [0.25, 0.3) is 48.5 Å². The predicted molar refractivity (Wildman–Crippen MR) is 142 cm³/mol. The molecule has 0 bridgehead atoms. The lowest BCUT2D eigenvalue weighted by atomic mass is 10.0. The molecule has 0 saturated heterocycles. The summed E-state index contributed by atoms with van der Waals surface area (Å²) in [6.45, 7) is 0. The van der Waals surface area contributed by atoms with Crippen molar-refractivity contribution in [1.82, 2.24) is 24.8 Å². The third-order valence-electron chi connectivity index (χ3n) is 6.30. The molecule has 0 radical (unpaired) electrons. The quantitative estimate of drug-likeness (QED) is 0.284. The molecule has 0 N–H and O–H groups in total. The minimum Gasteiger partial charge on any atom is -0.248 e. The zero-order chi connectivity index (χ0) is 23.2. The zero-order valence-corrected chi connectivity index (χ0v) is 19.5. The number of nitrogens with zero attached hydrogens (tertiary/aromatic N) is 5. The first-order chi connectivity index (χ1) is 17.3. The Kier molecular flexibility index (Phi) is 4.63. The summed E-state index contributed by atoms with van der Waals surface area (Å²) in [4.78, 5) is 5.71. The van der Waals surface area contributed by atoms with E-state index in [2.05, 4.69) is 83.0 Å². The van der Waals surface area contributed by atoms with Crippen molar-refractivity contribution in [2.24, 2.45) is 0 Å². The smallest absolute Gasteiger partial charge is 0.234 e. The lowest BCUT2D eigenvalue weighted by molar-refractivity contribution is 0.857. The van der Waals surface area contributed by atoms with Gasteiger partial charge in [-0.05, 0) is 28.5 Å². The molecule has 0 fully saturated rings. The van der Waals surface area contributed by atoms with Gasteiger partial charge in [-0.3, -0.25) is 0 Å². The van der Waals surface area contributed by atoms with Gasteiger partial charge in [-0.1, -0.05) is 102 Å². The number of aromatic nitrogens is 5. The standard InChI is InChI=1S/C29H19N5S/c1-2-10-20(11-3-1)26-18-24(23-15-6-7-16-25(23)30-26)28-33-34-27(31-32-29(34)35-28)17-21-13-8-12-19-9-4-5-14-22(19)21/h1-16,18H,17H2. The van der Waals surface area contributed by atoms with E-state index >= 15 is 0 Å². The SMILES string of the molecule is c1ccc(-c2cc(-c3nn4c(Cc5cccc6ccccc56)nnc4s3)c3ccccc3n2)cc1. The molecule has 7 aromatic rings. The minimum atomic E-state index is 0.665. The van der Waals surface area contributed by atoms with Gasteiger partial charge in [0, 0.05) is 22.9 Å². The van der Waals surface area contributed by atoms with Gasteiger partial charge in [0.2, 0.25) is 4.96 Å². The fourth-order valence-corrected chi connectivity index (χ4v) is 5.49. The van der Waals surface area contributed by atoms with Gasteiger partial charge in [0.1, 0.15) is 5.01 Å². The highest BCUT2D eigenvalue weighted by Gasteiger charge is 2.17. The van der Waals surface area contributed by atoms with Gasteiger partial charge in [0.25, 0.3) is 0 Å². The second-order valence-corrected chi connectivity index (χ2v) is 9.43. The molecule has 0 aliphatic carbocycles. The van der Waals surface area contributed by atoms with Gasteiger partial charge in [-0.2, -0.15) is 9.61 Å². The van der Waals surface area contributed by atoms with Crippen molar-refractivity contribution in [1.29, 1.82) is 0 Å². The summed E-state index contributed by atoms with van der Waals surface area (Å²) in [5.74, 6) is 0.834. The highest BCUT2D eigenvalue weighted by atomic mass is 32.1. The third kappa shape index (κ3) is 3.47. The Balaban J connectivity index is 1.36. The average Bonchev–Trinajstić information content (AvgIpc) is 3.50. The van der Waals surface area contributed by atoms with E-state index < -0.39 is 0 Å². The van der Waals surface area contributed by atoms with E-state index in [9.17, 15) is 0 Å². The molecule has 35 heavy (non-hydrogen) atoms. The van der Waals surface area contributed by atoms with Crippen molar-refractivity contribution < 1.29 is 0 Å². The van der Waals surface area contributed by atoms with Crippen LogP contribution in [0.15, 0.2) is 103 Å². The summed E-state index contributed by atoms with van der Waals surface area (Å²) in [6, 6.07) is 35.4. The van der Waals surface area contributed by atoms with E-state index in [1.807, 2.05) is 34.8 Å². The number of fused-ring (bicyclic) bond motifs is 3. The predicted octanol–water partition coefficient (Wildman–Crippen LogP) is 6.81. The summed E-state index contributed by atoms with van der Waals surface area (Å²) in [6.07, 6.45) is 0.665. The molecule has 0 aliphatic rings. The molecule has 0 amide bonds. The monoisotopic (exact) mass is 469 g/mol. The number of pyridine rings is 1. The molecule has 4 aromatic carbocycles. The summed E-state index contributed by atoms with van der Waals surface area (Å²) in [5, 5.41) is 18.3. The van der Waals surface area contributed by atoms with Crippen molar-refractivity contribution in [2.75, 3.05) is 0 Å². The minimum absolute atomic E-state index is 0.665. The third-order valence-corrected chi connectivity index (χ3v) is 7.23. The van der Waals surface area contributed by atoms with Crippen LogP contribution in [0.4, 0.5) is 0 Å². The second-order valence-electron chi connectivity index (χ2n) is 8.47. The maximum Gasteiger partial charge on any atom is 0.234 e. The molecule has 3 heterocycles. The summed E-state index contributed by atoms with van der Waals surface area (Å²) in [7, 11) is 0. The van der Waals surface area contributed by atoms with Gasteiger partial charge >= 0.3 is 0 Å². The maximum atomic E-state index is 4.99. The van der Waals surface area contributed by atoms with E-state index in [0.29, 0.717) is 6.42 Å². The average molecular weight is 470 g/mol. The van der Waals surface area contributed by atoms with E-state index in [1.165, 1.54) is 16.3 Å². The molecule has 0 spiro atoms. The molecule has 6 heteroatoms. The van der Waals surface area contributed by atoms with E-state index in [0.717, 1.165) is 43.5 Å². The van der Waals surface area contributed by atoms with Crippen LogP contribution in [-0.2, 0) is 6.42 Å². The Morgan fingerprint density at radius 2 is 1.49 bits per heavy atom. The normalized spacial score (nSPS) is 11.5. The lowest BCUT2D eigenvalue weighted by Gasteiger charge is -2.08. The summed E-state index contributed by atoms with van der Waals surface area (Å²) >= 11 is 1.55. The Hall–Kier alpha value is -4.42. The van der Waals surface area contributed by atoms with Crippen molar-refractivity contribution >= 4 is 38.0 Å². The van der Waals surface area contributed by atoms with Gasteiger partial charge in [0.15, 0.2) is 5.82 Å². The van der Waals surface area contributed by atoms with Gasteiger partial charge in [0.05, 0.1) is 11.2 Å². The Labute approximate surface area is 205 Å². The maximum absolute atomic E-state index is 4.99. The van der Waals surface area contributed by atoms with Crippen LogP contribution in [0.2, 0.25) is 0 Å². The van der Waals surface area contributed by atoms with Crippen molar-refractivity contribution in [3.63, 3.8) is 0 Å². The molecule has 0 unspecified atom stereocenters. The topological polar surface area (TPSA) is 56.0 Å². The van der Waals surface area contributed by atoms with Gasteiger partial charge in [-0.15, -0.1) is 10.2 Å². The van der Waals surface area contributed by atoms with Crippen LogP contribution in [0, 0.1) is 0 Å². The van der Waals surface area contributed by atoms with Crippen molar-refractivity contribution in [3.05, 3.63) is 115 Å². The number of hydrogen-bond acceptors (Lipinski definition) is 5. The highest BCUT2D eigenvalue weighted by molar-refractivity contribution is 7.19. The first-order valence-electron chi connectivity index (χ1n) is 11.5. The van der Waals surface area contributed by atoms with Crippen LogP contribution >= 0.6 is 11.3 Å². The number of para-hydroxylation sites is 1. The second kappa shape index (κ2) is 8.11. The molecule has 0 saturated carbocycles. The molecule has 5 nitrogen and oxygen atoms in total. The lowest BCUT2D eigenvalue weighted by Crippen LogP contribution is -1.98. The Morgan fingerprint density at radius 1 is 0.714 bits per heavy atom. The first kappa shape index (κ1) is 20.0. The molecule has 0 aliphatic heterocycles. The molecular formula is C29H19N5S. The molecule has 3 aromatic heterocycles. The Bertz CT molecular complexity index is 1830. The largest absolute Gasteiger partial charge is 0.248 e. The Morgan fingerprint density at radius 3 is 2.40 bits per heavy atom. The molecule has 7 rings (SSSR count). The summed E-state index contributed by atoms with van der Waals surface area (Å²) in [5.41, 5.74) is 5.24. The fraction of sp³-hybridized carbons (Fsp3) is 0.0345. The fourth-order valence-electron chi connectivity index (χ4n) is 4.60. The molecule has 0 atom stereocenters. The number of hydrogen-bond donors (Lipinski definition) is 0. The highest BCUT2D eigenvalue weighted by Crippen LogP contribution is 2.34. The molecule has 166 valence electrons. The van der Waals surface area contributed by atoms with Crippen LogP contribution in [0.3, 0.4) is 0 Å². The van der Waals surface area contributed by atoms with Crippen LogP contribution in [-0.4, -0.2) is 24.8 Å². The van der Waals surface area contributed by atoms with Crippen LogP contribution in [0.5, 0.6) is 0 Å². The van der Waals surface area contributed by atoms with Crippen LogP contribution < -0.4 is 0 Å². The van der Waals surface area contributed by atoms with Gasteiger partial charge in [-0.25, -0.2) is 4.98 Å². The van der Waals surface area contributed by atoms with Crippen LogP contribution in [0.1, 0.15) is 11.4 Å². The number of benzene rings is 4. The van der Waals surface area contributed by atoms with Crippen molar-refractivity contribution in [2.45, 2.75) is 6.42 Å². The van der Waals surface area contributed by atoms with E-state index in [-0.39, 0.29) is 0 Å². The van der Waals surface area contributed by atoms with Crippen molar-refractivity contribution in [3.8, 4) is 21.8 Å². The summed E-state index contributed by atoms with van der Waals surface area (Å²) < 4.78 is 1.89. The molecular weight excluding hydrogens is 450 g/mol. The number of rotatable bonds is 4. The first-order valence-corrected chi connectivity index (χ1v) is 12.3. The van der Waals surface area contributed by atoms with Gasteiger partial charge < -0.3 is 0 Å². The zero-order valence-electron chi connectivity index (χ0n) is 18.7. The van der Waals surface area contributed by atoms with E-state index in [1.54, 1.807) is 11.3 Å². The van der Waals surface area contributed by atoms with E-state index in [4.69, 9.17) is 10.1 Å².